The minimum atomic E-state index is -0.667. The van der Waals surface area contributed by atoms with Crippen molar-refractivity contribution >= 4 is 33.4 Å². The van der Waals surface area contributed by atoms with Crippen molar-refractivity contribution in [2.45, 2.75) is 13.0 Å². The molecule has 0 unspecified atom stereocenters. The van der Waals surface area contributed by atoms with Crippen LogP contribution in [0.25, 0.3) is 0 Å². The normalized spacial score (nSPS) is 10.2. The van der Waals surface area contributed by atoms with Gasteiger partial charge in [0.15, 0.2) is 0 Å². The number of aromatic amines is 1. The summed E-state index contributed by atoms with van der Waals surface area (Å²) in [6.07, 6.45) is 1.51. The van der Waals surface area contributed by atoms with E-state index in [9.17, 15) is 19.2 Å². The van der Waals surface area contributed by atoms with Gasteiger partial charge in [0.05, 0.1) is 10.9 Å². The molecule has 0 bridgehead atoms. The molecule has 0 spiro atoms. The summed E-state index contributed by atoms with van der Waals surface area (Å²) in [6, 6.07) is 6.80. The zero-order valence-corrected chi connectivity index (χ0v) is 14.3. The van der Waals surface area contributed by atoms with Gasteiger partial charge in [-0.1, -0.05) is 12.1 Å². The van der Waals surface area contributed by atoms with Crippen molar-refractivity contribution in [1.82, 2.24) is 14.9 Å². The van der Waals surface area contributed by atoms with E-state index >= 15 is 0 Å². The third-order valence-electron chi connectivity index (χ3n) is 3.16. The molecule has 8 nitrogen and oxygen atoms in total. The molecular formula is C15H15BrN4O4. The second kappa shape index (κ2) is 7.73. The molecular weight excluding hydrogens is 380 g/mol. The van der Waals surface area contributed by atoms with E-state index in [0.29, 0.717) is 5.69 Å². The molecule has 2 amide bonds. The van der Waals surface area contributed by atoms with E-state index in [1.54, 1.807) is 31.3 Å². The van der Waals surface area contributed by atoms with E-state index in [1.807, 2.05) is 0 Å². The average Bonchev–Trinajstić information content (AvgIpc) is 2.54. The van der Waals surface area contributed by atoms with E-state index in [0.717, 1.165) is 10.1 Å². The standard InChI is InChI=1S/C15H15BrN4O4/c1-17-12(21)6-9-2-4-10(5-3-9)18-13(22)8-20-7-11(16)14(23)19-15(20)24/h2-5,7H,6,8H2,1H3,(H,17,21)(H,18,22)(H,19,23,24). The van der Waals surface area contributed by atoms with Gasteiger partial charge in [-0.3, -0.25) is 23.9 Å². The molecule has 1 aromatic heterocycles. The number of aromatic nitrogens is 2. The number of hydrogen-bond acceptors (Lipinski definition) is 4. The molecule has 2 rings (SSSR count). The number of carbonyl (C=O) groups is 2. The minimum absolute atomic E-state index is 0.102. The number of H-pyrrole nitrogens is 1. The van der Waals surface area contributed by atoms with Gasteiger partial charge in [0, 0.05) is 18.9 Å². The predicted molar refractivity (Wildman–Crippen MR) is 91.9 cm³/mol. The van der Waals surface area contributed by atoms with Gasteiger partial charge in [0.1, 0.15) is 6.54 Å². The van der Waals surface area contributed by atoms with Crippen molar-refractivity contribution in [3.8, 4) is 0 Å². The maximum Gasteiger partial charge on any atom is 0.328 e. The fourth-order valence-corrected chi connectivity index (χ4v) is 2.28. The van der Waals surface area contributed by atoms with Crippen molar-refractivity contribution in [1.29, 1.82) is 0 Å². The summed E-state index contributed by atoms with van der Waals surface area (Å²) in [4.78, 5) is 48.3. The average molecular weight is 395 g/mol. The molecule has 2 aromatic rings. The van der Waals surface area contributed by atoms with Crippen molar-refractivity contribution in [3.63, 3.8) is 0 Å². The molecule has 0 saturated carbocycles. The monoisotopic (exact) mass is 394 g/mol. The zero-order valence-electron chi connectivity index (χ0n) is 12.8. The largest absolute Gasteiger partial charge is 0.359 e. The Labute approximate surface area is 145 Å². The Morgan fingerprint density at radius 1 is 1.17 bits per heavy atom. The Kier molecular flexibility index (Phi) is 5.69. The molecule has 9 heteroatoms. The number of anilines is 1. The number of amides is 2. The van der Waals surface area contributed by atoms with Crippen LogP contribution in [0.2, 0.25) is 0 Å². The van der Waals surface area contributed by atoms with Gasteiger partial charge in [-0.25, -0.2) is 4.79 Å². The second-order valence-electron chi connectivity index (χ2n) is 4.96. The van der Waals surface area contributed by atoms with Gasteiger partial charge >= 0.3 is 5.69 Å². The SMILES string of the molecule is CNC(=O)Cc1ccc(NC(=O)Cn2cc(Br)c(=O)[nH]c2=O)cc1. The molecule has 0 aliphatic rings. The lowest BCUT2D eigenvalue weighted by atomic mass is 10.1. The predicted octanol–water partition coefficient (Wildman–Crippen LogP) is 0.226. The van der Waals surface area contributed by atoms with Crippen LogP contribution in [0, 0.1) is 0 Å². The van der Waals surface area contributed by atoms with Gasteiger partial charge in [0.2, 0.25) is 11.8 Å². The Hall–Kier alpha value is -2.68. The highest BCUT2D eigenvalue weighted by molar-refractivity contribution is 9.10. The van der Waals surface area contributed by atoms with Gasteiger partial charge in [-0.2, -0.15) is 0 Å². The second-order valence-corrected chi connectivity index (χ2v) is 5.81. The number of likely N-dealkylation sites (N-methyl/N-ethyl adjacent to an activating group) is 1. The maximum atomic E-state index is 12.0. The molecule has 0 atom stereocenters. The van der Waals surface area contributed by atoms with Crippen LogP contribution in [0.15, 0.2) is 44.5 Å². The fourth-order valence-electron chi connectivity index (χ4n) is 1.94. The molecule has 0 fully saturated rings. The number of rotatable bonds is 5. The Balaban J connectivity index is 2.02. The number of halogens is 1. The van der Waals surface area contributed by atoms with Crippen LogP contribution in [0.1, 0.15) is 5.56 Å². The van der Waals surface area contributed by atoms with Crippen LogP contribution in [0.3, 0.4) is 0 Å². The zero-order chi connectivity index (χ0) is 17.7. The summed E-state index contributed by atoms with van der Waals surface area (Å²) in [7, 11) is 1.56. The summed E-state index contributed by atoms with van der Waals surface area (Å²) in [5.41, 5.74) is 0.132. The number of nitrogens with zero attached hydrogens (tertiary/aromatic N) is 1. The number of benzene rings is 1. The van der Waals surface area contributed by atoms with Crippen LogP contribution in [0.5, 0.6) is 0 Å². The molecule has 0 aliphatic heterocycles. The lowest BCUT2D eigenvalue weighted by Gasteiger charge is -2.08. The Bertz CT molecular complexity index is 870. The molecule has 24 heavy (non-hydrogen) atoms. The van der Waals surface area contributed by atoms with Gasteiger partial charge in [0.25, 0.3) is 5.56 Å². The fraction of sp³-hybridized carbons (Fsp3) is 0.200. The minimum Gasteiger partial charge on any atom is -0.359 e. The summed E-state index contributed by atoms with van der Waals surface area (Å²) in [5, 5.41) is 5.17. The first-order valence-corrected chi connectivity index (χ1v) is 7.77. The molecule has 0 radical (unpaired) electrons. The molecule has 1 aromatic carbocycles. The Morgan fingerprint density at radius 3 is 2.46 bits per heavy atom. The highest BCUT2D eigenvalue weighted by atomic mass is 79.9. The summed E-state index contributed by atoms with van der Waals surface area (Å²) in [5.74, 6) is -0.523. The van der Waals surface area contributed by atoms with E-state index in [-0.39, 0.29) is 23.3 Å². The van der Waals surface area contributed by atoms with Crippen LogP contribution in [0.4, 0.5) is 5.69 Å². The van der Waals surface area contributed by atoms with Gasteiger partial charge < -0.3 is 10.6 Å². The summed E-state index contributed by atoms with van der Waals surface area (Å²) < 4.78 is 1.24. The van der Waals surface area contributed by atoms with E-state index in [2.05, 4.69) is 31.5 Å². The number of hydrogen-bond donors (Lipinski definition) is 3. The molecule has 0 saturated heterocycles. The van der Waals surface area contributed by atoms with Gasteiger partial charge in [-0.05, 0) is 33.6 Å². The highest BCUT2D eigenvalue weighted by Gasteiger charge is 2.08. The first kappa shape index (κ1) is 17.7. The molecule has 3 N–H and O–H groups in total. The topological polar surface area (TPSA) is 113 Å². The van der Waals surface area contributed by atoms with E-state index < -0.39 is 17.2 Å². The van der Waals surface area contributed by atoms with Crippen LogP contribution < -0.4 is 21.9 Å². The lowest BCUT2D eigenvalue weighted by molar-refractivity contribution is -0.120. The van der Waals surface area contributed by atoms with Gasteiger partial charge in [-0.15, -0.1) is 0 Å². The van der Waals surface area contributed by atoms with Crippen LogP contribution in [-0.4, -0.2) is 28.4 Å². The quantitative estimate of drug-likeness (QED) is 0.673. The third-order valence-corrected chi connectivity index (χ3v) is 3.73. The van der Waals surface area contributed by atoms with Crippen molar-refractivity contribution in [2.24, 2.45) is 0 Å². The third kappa shape index (κ3) is 4.66. The first-order valence-electron chi connectivity index (χ1n) is 6.97. The number of carbonyl (C=O) groups excluding carboxylic acids is 2. The molecule has 1 heterocycles. The first-order chi connectivity index (χ1) is 11.4. The van der Waals surface area contributed by atoms with Crippen LogP contribution in [-0.2, 0) is 22.6 Å². The van der Waals surface area contributed by atoms with Crippen molar-refractivity contribution in [3.05, 3.63) is 61.3 Å². The molecule has 126 valence electrons. The van der Waals surface area contributed by atoms with E-state index in [4.69, 9.17) is 0 Å². The van der Waals surface area contributed by atoms with Crippen molar-refractivity contribution < 1.29 is 9.59 Å². The smallest absolute Gasteiger partial charge is 0.328 e. The van der Waals surface area contributed by atoms with Crippen LogP contribution >= 0.6 is 15.9 Å². The Morgan fingerprint density at radius 2 is 1.83 bits per heavy atom. The number of nitrogens with one attached hydrogen (secondary N) is 3. The maximum absolute atomic E-state index is 12.0. The summed E-state index contributed by atoms with van der Waals surface area (Å²) >= 11 is 3.00. The van der Waals surface area contributed by atoms with Crippen molar-refractivity contribution in [2.75, 3.05) is 12.4 Å². The van der Waals surface area contributed by atoms with E-state index in [1.165, 1.54) is 6.20 Å². The molecule has 0 aliphatic carbocycles. The lowest BCUT2D eigenvalue weighted by Crippen LogP contribution is -2.33. The summed E-state index contributed by atoms with van der Waals surface area (Å²) in [6.45, 7) is -0.242. The highest BCUT2D eigenvalue weighted by Crippen LogP contribution is 2.10.